The van der Waals surface area contributed by atoms with Crippen LogP contribution in [0, 0.1) is 27.7 Å². The van der Waals surface area contributed by atoms with E-state index >= 15 is 0 Å². The van der Waals surface area contributed by atoms with Crippen molar-refractivity contribution in [3.05, 3.63) is 118 Å². The summed E-state index contributed by atoms with van der Waals surface area (Å²) in [5.41, 5.74) is 6.99. The fourth-order valence-corrected chi connectivity index (χ4v) is 3.90. The Kier molecular flexibility index (Phi) is 6.22. The van der Waals surface area contributed by atoms with Gasteiger partial charge in [0.2, 0.25) is 0 Å². The normalized spacial score (nSPS) is 10.8. The Labute approximate surface area is 194 Å². The average Bonchev–Trinajstić information content (AvgIpc) is 3.08. The first-order valence-corrected chi connectivity index (χ1v) is 11.0. The third-order valence-corrected chi connectivity index (χ3v) is 5.93. The molecule has 4 rings (SSSR count). The Bertz CT molecular complexity index is 1330. The molecule has 0 unspecified atom stereocenters. The quantitative estimate of drug-likeness (QED) is 0.397. The number of nitrogens with zero attached hydrogens (tertiary/aromatic N) is 2. The van der Waals surface area contributed by atoms with E-state index in [0.29, 0.717) is 28.9 Å². The molecule has 0 bridgehead atoms. The van der Waals surface area contributed by atoms with Gasteiger partial charge in [0.25, 0.3) is 5.91 Å². The highest BCUT2D eigenvalue weighted by Gasteiger charge is 2.21. The van der Waals surface area contributed by atoms with E-state index in [2.05, 4.69) is 29.5 Å². The third kappa shape index (κ3) is 4.62. The number of benzene rings is 3. The molecule has 1 aromatic heterocycles. The van der Waals surface area contributed by atoms with Crippen LogP contribution in [0.1, 0.15) is 54.4 Å². The molecule has 0 aliphatic carbocycles. The van der Waals surface area contributed by atoms with Crippen molar-refractivity contribution in [1.29, 1.82) is 0 Å². The summed E-state index contributed by atoms with van der Waals surface area (Å²) in [6, 6.07) is 22.5. The molecule has 1 N–H and O–H groups in total. The van der Waals surface area contributed by atoms with Crippen LogP contribution in [0.15, 0.2) is 72.8 Å². The zero-order chi connectivity index (χ0) is 23.5. The van der Waals surface area contributed by atoms with Gasteiger partial charge >= 0.3 is 0 Å². The zero-order valence-electron chi connectivity index (χ0n) is 19.3. The Hall–Kier alpha value is -3.99. The van der Waals surface area contributed by atoms with Crippen molar-refractivity contribution in [2.75, 3.05) is 5.32 Å². The van der Waals surface area contributed by atoms with Crippen molar-refractivity contribution < 1.29 is 9.59 Å². The molecule has 33 heavy (non-hydrogen) atoms. The summed E-state index contributed by atoms with van der Waals surface area (Å²) in [6.45, 7) is 8.49. The largest absolute Gasteiger partial charge is 0.319 e. The van der Waals surface area contributed by atoms with Crippen molar-refractivity contribution >= 4 is 17.4 Å². The van der Waals surface area contributed by atoms with Gasteiger partial charge in [0.15, 0.2) is 5.78 Å². The molecule has 1 amide bonds. The predicted octanol–water partition coefficient (Wildman–Crippen LogP) is 5.65. The molecule has 0 aliphatic heterocycles. The van der Waals surface area contributed by atoms with Crippen LogP contribution < -0.4 is 5.32 Å². The first-order chi connectivity index (χ1) is 15.8. The van der Waals surface area contributed by atoms with Crippen LogP contribution in [0.25, 0.3) is 0 Å². The Morgan fingerprint density at radius 3 is 2.15 bits per heavy atom. The molecule has 5 heteroatoms. The Morgan fingerprint density at radius 1 is 0.818 bits per heavy atom. The molecule has 0 aliphatic rings. The van der Waals surface area contributed by atoms with Crippen LogP contribution in [0.5, 0.6) is 0 Å². The molecule has 0 spiro atoms. The lowest BCUT2D eigenvalue weighted by Crippen LogP contribution is -2.18. The van der Waals surface area contributed by atoms with E-state index < -0.39 is 0 Å². The van der Waals surface area contributed by atoms with Crippen molar-refractivity contribution in [3.8, 4) is 0 Å². The van der Waals surface area contributed by atoms with Gasteiger partial charge in [-0.05, 0) is 44.9 Å². The summed E-state index contributed by atoms with van der Waals surface area (Å²) in [7, 11) is 0. The second-order valence-electron chi connectivity index (χ2n) is 8.32. The predicted molar refractivity (Wildman–Crippen MR) is 131 cm³/mol. The minimum atomic E-state index is -0.326. The minimum absolute atomic E-state index is 0.176. The number of anilines is 1. The van der Waals surface area contributed by atoms with Gasteiger partial charge in [0, 0.05) is 11.1 Å². The van der Waals surface area contributed by atoms with Crippen molar-refractivity contribution in [1.82, 2.24) is 9.78 Å². The lowest BCUT2D eigenvalue weighted by atomic mass is 9.97. The number of rotatable bonds is 6. The monoisotopic (exact) mass is 437 g/mol. The maximum Gasteiger partial charge on any atom is 0.256 e. The van der Waals surface area contributed by atoms with Gasteiger partial charge in [-0.2, -0.15) is 5.10 Å². The maximum atomic E-state index is 13.3. The third-order valence-electron chi connectivity index (χ3n) is 5.93. The van der Waals surface area contributed by atoms with E-state index in [9.17, 15) is 9.59 Å². The van der Waals surface area contributed by atoms with Gasteiger partial charge in [-0.1, -0.05) is 72.3 Å². The highest BCUT2D eigenvalue weighted by Crippen LogP contribution is 2.23. The summed E-state index contributed by atoms with van der Waals surface area (Å²) in [4.78, 5) is 26.4. The molecule has 5 nitrogen and oxygen atoms in total. The first kappa shape index (κ1) is 22.2. The van der Waals surface area contributed by atoms with Crippen molar-refractivity contribution in [2.45, 2.75) is 34.2 Å². The van der Waals surface area contributed by atoms with E-state index in [1.165, 1.54) is 11.1 Å². The smallest absolute Gasteiger partial charge is 0.256 e. The van der Waals surface area contributed by atoms with Crippen LogP contribution in [0.4, 0.5) is 5.69 Å². The second-order valence-corrected chi connectivity index (χ2v) is 8.32. The van der Waals surface area contributed by atoms with E-state index in [0.717, 1.165) is 17.0 Å². The lowest BCUT2D eigenvalue weighted by molar-refractivity contribution is 0.0996. The van der Waals surface area contributed by atoms with Crippen molar-refractivity contribution in [2.24, 2.45) is 0 Å². The van der Waals surface area contributed by atoms with Gasteiger partial charge in [0.1, 0.15) is 0 Å². The molecule has 0 atom stereocenters. The number of nitrogens with one attached hydrogen (secondary N) is 1. The topological polar surface area (TPSA) is 64.0 Å². The molecular formula is C28H27N3O2. The molecular weight excluding hydrogens is 410 g/mol. The molecule has 0 fully saturated rings. The standard InChI is InChI=1S/C28H27N3O2/c1-18-13-15-22(16-14-18)27(32)24-11-7-8-12-25(24)28(33)29-26-20(3)30-31(21(26)4)17-23-10-6-5-9-19(23)2/h5-16H,17H2,1-4H3,(H,29,33). The summed E-state index contributed by atoms with van der Waals surface area (Å²) >= 11 is 0. The fourth-order valence-electron chi connectivity index (χ4n) is 3.90. The van der Waals surface area contributed by atoms with Crippen molar-refractivity contribution in [3.63, 3.8) is 0 Å². The fraction of sp³-hybridized carbons (Fsp3) is 0.179. The highest BCUT2D eigenvalue weighted by atomic mass is 16.2. The van der Waals surface area contributed by atoms with Gasteiger partial charge < -0.3 is 5.32 Å². The number of ketones is 1. The zero-order valence-corrected chi connectivity index (χ0v) is 19.3. The number of hydrogen-bond acceptors (Lipinski definition) is 3. The Balaban J connectivity index is 1.61. The molecule has 0 saturated carbocycles. The number of carbonyl (C=O) groups excluding carboxylic acids is 2. The van der Waals surface area contributed by atoms with Crippen LogP contribution in [0.2, 0.25) is 0 Å². The van der Waals surface area contributed by atoms with Crippen LogP contribution in [-0.4, -0.2) is 21.5 Å². The minimum Gasteiger partial charge on any atom is -0.319 e. The summed E-state index contributed by atoms with van der Waals surface area (Å²) in [6.07, 6.45) is 0. The number of amides is 1. The van der Waals surface area contributed by atoms with E-state index in [-0.39, 0.29) is 11.7 Å². The number of hydrogen-bond donors (Lipinski definition) is 1. The first-order valence-electron chi connectivity index (χ1n) is 11.0. The van der Waals surface area contributed by atoms with Gasteiger partial charge in [-0.25, -0.2) is 0 Å². The Morgan fingerprint density at radius 2 is 1.45 bits per heavy atom. The van der Waals surface area contributed by atoms with E-state index in [1.54, 1.807) is 36.4 Å². The van der Waals surface area contributed by atoms with Crippen LogP contribution >= 0.6 is 0 Å². The lowest BCUT2D eigenvalue weighted by Gasteiger charge is -2.11. The molecule has 0 radical (unpaired) electrons. The van der Waals surface area contributed by atoms with E-state index in [4.69, 9.17) is 0 Å². The second kappa shape index (κ2) is 9.25. The maximum absolute atomic E-state index is 13.3. The van der Waals surface area contributed by atoms with Crippen LogP contribution in [-0.2, 0) is 6.54 Å². The number of aryl methyl sites for hydroxylation is 3. The molecule has 0 saturated heterocycles. The molecule has 4 aromatic rings. The van der Waals surface area contributed by atoms with E-state index in [1.807, 2.05) is 49.7 Å². The average molecular weight is 438 g/mol. The van der Waals surface area contributed by atoms with Crippen LogP contribution in [0.3, 0.4) is 0 Å². The highest BCUT2D eigenvalue weighted by molar-refractivity contribution is 6.17. The summed E-state index contributed by atoms with van der Waals surface area (Å²) in [5, 5.41) is 7.64. The number of aromatic nitrogens is 2. The molecule has 1 heterocycles. The summed E-state index contributed by atoms with van der Waals surface area (Å²) in [5.74, 6) is -0.503. The van der Waals surface area contributed by atoms with Gasteiger partial charge in [0.05, 0.1) is 29.2 Å². The summed E-state index contributed by atoms with van der Waals surface area (Å²) < 4.78 is 1.90. The number of carbonyl (C=O) groups is 2. The van der Waals surface area contributed by atoms with Gasteiger partial charge in [-0.15, -0.1) is 0 Å². The van der Waals surface area contributed by atoms with Gasteiger partial charge in [-0.3, -0.25) is 14.3 Å². The SMILES string of the molecule is Cc1ccc(C(=O)c2ccccc2C(=O)Nc2c(C)nn(Cc3ccccc3C)c2C)cc1. The molecule has 3 aromatic carbocycles. The molecule has 166 valence electrons.